The molecule has 0 saturated heterocycles. The molecule has 6 heteroatoms. The first-order valence-electron chi connectivity index (χ1n) is 8.22. The van der Waals surface area contributed by atoms with E-state index in [2.05, 4.69) is 27.0 Å². The molecular weight excluding hydrogens is 304 g/mol. The number of ether oxygens (including phenoxy) is 1. The van der Waals surface area contributed by atoms with Crippen molar-refractivity contribution in [2.75, 3.05) is 20.2 Å². The summed E-state index contributed by atoms with van der Waals surface area (Å²) in [6.45, 7) is 11.3. The Labute approximate surface area is 145 Å². The van der Waals surface area contributed by atoms with E-state index in [0.717, 1.165) is 23.4 Å². The number of carbonyl (C=O) groups excluding carboxylic acids is 1. The van der Waals surface area contributed by atoms with Crippen LogP contribution in [0.2, 0.25) is 0 Å². The second-order valence-electron chi connectivity index (χ2n) is 6.65. The molecule has 0 aliphatic heterocycles. The molecule has 0 aromatic heterocycles. The van der Waals surface area contributed by atoms with Crippen LogP contribution < -0.4 is 20.7 Å². The number of methoxy groups -OCH3 is 1. The second kappa shape index (κ2) is 9.15. The molecule has 3 N–H and O–H groups in total. The zero-order chi connectivity index (χ0) is 18.2. The van der Waals surface area contributed by atoms with E-state index in [9.17, 15) is 4.79 Å². The average molecular weight is 334 g/mol. The molecule has 0 saturated carbocycles. The van der Waals surface area contributed by atoms with Crippen molar-refractivity contribution in [3.05, 3.63) is 29.3 Å². The molecule has 1 rings (SSSR count). The highest BCUT2D eigenvalue weighted by Gasteiger charge is 2.13. The first-order chi connectivity index (χ1) is 11.2. The quantitative estimate of drug-likeness (QED) is 0.549. The monoisotopic (exact) mass is 334 g/mol. The van der Waals surface area contributed by atoms with Gasteiger partial charge in [0.1, 0.15) is 5.75 Å². The summed E-state index contributed by atoms with van der Waals surface area (Å²) in [6, 6.07) is 5.99. The molecule has 134 valence electrons. The Morgan fingerprint density at radius 3 is 2.50 bits per heavy atom. The zero-order valence-electron chi connectivity index (χ0n) is 15.6. The van der Waals surface area contributed by atoms with Gasteiger partial charge in [-0.3, -0.25) is 4.79 Å². The van der Waals surface area contributed by atoms with Crippen LogP contribution in [0.25, 0.3) is 0 Å². The molecule has 0 radical (unpaired) electrons. The maximum atomic E-state index is 11.9. The first kappa shape index (κ1) is 19.8. The Morgan fingerprint density at radius 2 is 1.96 bits per heavy atom. The Hall–Kier alpha value is -2.24. The number of aliphatic imine (C=N–C) groups is 1. The number of rotatable bonds is 6. The molecule has 1 amide bonds. The molecule has 6 nitrogen and oxygen atoms in total. The summed E-state index contributed by atoms with van der Waals surface area (Å²) in [7, 11) is 1.66. The van der Waals surface area contributed by atoms with Crippen LogP contribution in [0.3, 0.4) is 0 Å². The van der Waals surface area contributed by atoms with Gasteiger partial charge in [0.25, 0.3) is 0 Å². The van der Waals surface area contributed by atoms with Crippen molar-refractivity contribution in [1.82, 2.24) is 16.0 Å². The number of guanidine groups is 1. The minimum absolute atomic E-state index is 0.0617. The number of aryl methyl sites for hydroxylation is 1. The van der Waals surface area contributed by atoms with Crippen LogP contribution in [0, 0.1) is 6.92 Å². The Kier molecular flexibility index (Phi) is 7.55. The average Bonchev–Trinajstić information content (AvgIpc) is 2.48. The van der Waals surface area contributed by atoms with Gasteiger partial charge in [-0.1, -0.05) is 12.1 Å². The van der Waals surface area contributed by atoms with Gasteiger partial charge in [-0.05, 0) is 51.8 Å². The molecule has 0 heterocycles. The number of amides is 1. The number of hydrogen-bond acceptors (Lipinski definition) is 3. The van der Waals surface area contributed by atoms with Crippen LogP contribution in [0.15, 0.2) is 23.2 Å². The van der Waals surface area contributed by atoms with E-state index in [0.29, 0.717) is 12.5 Å². The number of nitrogens with one attached hydrogen (secondary N) is 3. The van der Waals surface area contributed by atoms with Crippen LogP contribution in [0.1, 0.15) is 38.8 Å². The fourth-order valence-corrected chi connectivity index (χ4v) is 2.18. The van der Waals surface area contributed by atoms with Crippen molar-refractivity contribution in [2.24, 2.45) is 4.99 Å². The van der Waals surface area contributed by atoms with Gasteiger partial charge in [-0.25, -0.2) is 4.99 Å². The van der Waals surface area contributed by atoms with Gasteiger partial charge in [0, 0.05) is 12.1 Å². The van der Waals surface area contributed by atoms with E-state index in [1.807, 2.05) is 46.8 Å². The lowest BCUT2D eigenvalue weighted by Crippen LogP contribution is -2.48. The molecule has 0 fully saturated rings. The van der Waals surface area contributed by atoms with E-state index >= 15 is 0 Å². The van der Waals surface area contributed by atoms with Gasteiger partial charge in [-0.15, -0.1) is 0 Å². The third-order valence-electron chi connectivity index (χ3n) is 3.15. The summed E-state index contributed by atoms with van der Waals surface area (Å²) in [6.07, 6.45) is 0. The molecule has 0 aliphatic carbocycles. The smallest absolute Gasteiger partial charge is 0.239 e. The zero-order valence-corrected chi connectivity index (χ0v) is 15.6. The Bertz CT molecular complexity index is 577. The van der Waals surface area contributed by atoms with Crippen molar-refractivity contribution >= 4 is 11.9 Å². The molecular formula is C18H30N4O2. The van der Waals surface area contributed by atoms with Gasteiger partial charge < -0.3 is 20.7 Å². The third kappa shape index (κ3) is 7.35. The second-order valence-corrected chi connectivity index (χ2v) is 6.65. The summed E-state index contributed by atoms with van der Waals surface area (Å²) < 4.78 is 5.26. The van der Waals surface area contributed by atoms with E-state index in [4.69, 9.17) is 4.74 Å². The topological polar surface area (TPSA) is 74.8 Å². The Balaban J connectivity index is 2.65. The normalized spacial score (nSPS) is 11.8. The van der Waals surface area contributed by atoms with Crippen LogP contribution in [-0.4, -0.2) is 37.6 Å². The summed E-state index contributed by atoms with van der Waals surface area (Å²) >= 11 is 0. The van der Waals surface area contributed by atoms with Crippen LogP contribution >= 0.6 is 0 Å². The predicted octanol–water partition coefficient (Wildman–Crippen LogP) is 1.97. The van der Waals surface area contributed by atoms with E-state index in [1.165, 1.54) is 0 Å². The molecule has 0 aliphatic rings. The van der Waals surface area contributed by atoms with Crippen LogP contribution in [0.5, 0.6) is 5.75 Å². The fraction of sp³-hybridized carbons (Fsp3) is 0.556. The lowest BCUT2D eigenvalue weighted by Gasteiger charge is -2.21. The SMILES string of the molecule is CCNC(=NCc1ccc(OC)c(C)c1)NCC(=O)NC(C)(C)C. The van der Waals surface area contributed by atoms with E-state index in [1.54, 1.807) is 7.11 Å². The summed E-state index contributed by atoms with van der Waals surface area (Å²) in [5, 5.41) is 9.11. The largest absolute Gasteiger partial charge is 0.496 e. The maximum absolute atomic E-state index is 11.9. The number of carbonyl (C=O) groups is 1. The van der Waals surface area contributed by atoms with Gasteiger partial charge >= 0.3 is 0 Å². The molecule has 1 aromatic carbocycles. The van der Waals surface area contributed by atoms with Crippen molar-refractivity contribution in [3.63, 3.8) is 0 Å². The van der Waals surface area contributed by atoms with Crippen molar-refractivity contribution in [1.29, 1.82) is 0 Å². The number of nitrogens with zero attached hydrogens (tertiary/aromatic N) is 1. The number of benzene rings is 1. The minimum Gasteiger partial charge on any atom is -0.496 e. The van der Waals surface area contributed by atoms with Gasteiger partial charge in [0.2, 0.25) is 5.91 Å². The molecule has 1 aromatic rings. The molecule has 24 heavy (non-hydrogen) atoms. The highest BCUT2D eigenvalue weighted by Crippen LogP contribution is 2.18. The maximum Gasteiger partial charge on any atom is 0.239 e. The summed E-state index contributed by atoms with van der Waals surface area (Å²) in [5.74, 6) is 1.43. The lowest BCUT2D eigenvalue weighted by atomic mass is 10.1. The Morgan fingerprint density at radius 1 is 1.25 bits per heavy atom. The molecule has 0 atom stereocenters. The van der Waals surface area contributed by atoms with E-state index in [-0.39, 0.29) is 18.0 Å². The van der Waals surface area contributed by atoms with Crippen LogP contribution in [0.4, 0.5) is 0 Å². The van der Waals surface area contributed by atoms with Crippen molar-refractivity contribution in [2.45, 2.75) is 46.7 Å². The van der Waals surface area contributed by atoms with Gasteiger partial charge in [0.05, 0.1) is 20.2 Å². The number of hydrogen-bond donors (Lipinski definition) is 3. The summed E-state index contributed by atoms with van der Waals surface area (Å²) in [4.78, 5) is 16.4. The fourth-order valence-electron chi connectivity index (χ4n) is 2.18. The van der Waals surface area contributed by atoms with Gasteiger partial charge in [-0.2, -0.15) is 0 Å². The van der Waals surface area contributed by atoms with Crippen molar-refractivity contribution < 1.29 is 9.53 Å². The lowest BCUT2D eigenvalue weighted by molar-refractivity contribution is -0.121. The molecule has 0 unspecified atom stereocenters. The van der Waals surface area contributed by atoms with Gasteiger partial charge in [0.15, 0.2) is 5.96 Å². The highest BCUT2D eigenvalue weighted by molar-refractivity contribution is 5.86. The first-order valence-corrected chi connectivity index (χ1v) is 8.22. The summed E-state index contributed by atoms with van der Waals surface area (Å²) in [5.41, 5.74) is 1.92. The molecule has 0 bridgehead atoms. The predicted molar refractivity (Wildman–Crippen MR) is 98.4 cm³/mol. The minimum atomic E-state index is -0.241. The highest BCUT2D eigenvalue weighted by atomic mass is 16.5. The van der Waals surface area contributed by atoms with E-state index < -0.39 is 0 Å². The third-order valence-corrected chi connectivity index (χ3v) is 3.15. The molecule has 0 spiro atoms. The van der Waals surface area contributed by atoms with Crippen molar-refractivity contribution in [3.8, 4) is 5.75 Å². The standard InChI is InChI=1S/C18H30N4O2/c1-7-19-17(21-12-16(23)22-18(3,4)5)20-11-14-8-9-15(24-6)13(2)10-14/h8-10H,7,11-12H2,1-6H3,(H,22,23)(H2,19,20,21). The van der Waals surface area contributed by atoms with Crippen LogP contribution in [-0.2, 0) is 11.3 Å².